The lowest BCUT2D eigenvalue weighted by molar-refractivity contribution is -0.571. The van der Waals surface area contributed by atoms with Crippen LogP contribution in [0.15, 0.2) is 346 Å². The Labute approximate surface area is 523 Å². The molecule has 0 spiro atoms. The number of fused-ring (bicyclic) bond motifs is 4. The van der Waals surface area contributed by atoms with Crippen LogP contribution in [0.25, 0.3) is 117 Å². The van der Waals surface area contributed by atoms with Crippen molar-refractivity contribution in [2.75, 3.05) is 4.90 Å². The van der Waals surface area contributed by atoms with Crippen LogP contribution in [0.3, 0.4) is 0 Å². The van der Waals surface area contributed by atoms with Crippen molar-refractivity contribution in [3.05, 3.63) is 352 Å². The van der Waals surface area contributed by atoms with Gasteiger partial charge in [0.1, 0.15) is 17.3 Å². The highest BCUT2D eigenvalue weighted by atomic mass is 16.5. The fraction of sp³-hybridized carbons (Fsp3) is 0. The van der Waals surface area contributed by atoms with Crippen LogP contribution in [-0.4, -0.2) is 14.1 Å². The highest BCUT2D eigenvalue weighted by Crippen LogP contribution is 2.43. The van der Waals surface area contributed by atoms with E-state index in [1.54, 1.807) is 0 Å². The summed E-state index contributed by atoms with van der Waals surface area (Å²) in [5.41, 5.74) is 22.4. The quantitative estimate of drug-likeness (QED) is 0.0805. The van der Waals surface area contributed by atoms with Gasteiger partial charge in [-0.1, -0.05) is 224 Å². The zero-order valence-corrected chi connectivity index (χ0v) is 49.1. The van der Waals surface area contributed by atoms with Gasteiger partial charge in [-0.2, -0.15) is 0 Å². The number of imidazole rings is 1. The Hall–Kier alpha value is -12.1. The largest absolute Gasteiger partial charge is 0.458 e. The van der Waals surface area contributed by atoms with Crippen LogP contribution in [0.5, 0.6) is 11.5 Å². The molecule has 0 bridgehead atoms. The fourth-order valence-electron chi connectivity index (χ4n) is 12.8. The molecule has 0 aliphatic heterocycles. The van der Waals surface area contributed by atoms with Crippen LogP contribution in [0.4, 0.5) is 17.1 Å². The zero-order valence-electron chi connectivity index (χ0n) is 49.1. The Morgan fingerprint density at radius 1 is 0.322 bits per heavy atom. The number of rotatable bonds is 14. The van der Waals surface area contributed by atoms with Crippen molar-refractivity contribution in [3.63, 3.8) is 0 Å². The predicted molar refractivity (Wildman–Crippen MR) is 370 cm³/mol. The van der Waals surface area contributed by atoms with Gasteiger partial charge in [0.2, 0.25) is 0 Å². The number of pyridine rings is 1. The van der Waals surface area contributed by atoms with Gasteiger partial charge in [-0.15, -0.1) is 0 Å². The minimum atomic E-state index is 0.687. The van der Waals surface area contributed by atoms with Gasteiger partial charge in [0.25, 0.3) is 6.33 Å². The SMILES string of the molecule is [c-]1n(-c2cccc(Oc3ccc4c5ccccc5n(-c5cc(N(c6ccccc6)c6ccccc6)ccn5)c4c3)c2)c2ccccc2[n+]1-c1c(-c2cc(-c3ccccc3)cc(-c3ccccc3)c2)cccc1-c1cc(-c2ccccc2)cc(-c2ccccc2)c1. The molecule has 6 heteroatoms. The first-order valence-electron chi connectivity index (χ1n) is 30.4. The Bertz CT molecular complexity index is 4960. The van der Waals surface area contributed by atoms with Crippen molar-refractivity contribution in [1.82, 2.24) is 14.1 Å². The van der Waals surface area contributed by atoms with Gasteiger partial charge in [-0.25, -0.2) is 4.98 Å². The van der Waals surface area contributed by atoms with E-state index in [0.717, 1.165) is 134 Å². The molecule has 0 atom stereocenters. The van der Waals surface area contributed by atoms with Gasteiger partial charge in [-0.05, 0) is 170 Å². The van der Waals surface area contributed by atoms with E-state index in [2.05, 4.69) is 346 Å². The molecule has 0 saturated carbocycles. The van der Waals surface area contributed by atoms with E-state index in [4.69, 9.17) is 9.72 Å². The van der Waals surface area contributed by atoms with E-state index < -0.39 is 0 Å². The molecule has 6 nitrogen and oxygen atoms in total. The maximum atomic E-state index is 6.99. The maximum Gasteiger partial charge on any atom is 0.269 e. The van der Waals surface area contributed by atoms with E-state index in [1.165, 1.54) is 0 Å². The van der Waals surface area contributed by atoms with E-state index in [1.807, 2.05) is 24.4 Å². The maximum absolute atomic E-state index is 6.99. The van der Waals surface area contributed by atoms with Crippen molar-refractivity contribution in [1.29, 1.82) is 0 Å². The predicted octanol–water partition coefficient (Wildman–Crippen LogP) is 21.5. The summed E-state index contributed by atoms with van der Waals surface area (Å²) in [4.78, 5) is 7.33. The Balaban J connectivity index is 0.843. The van der Waals surface area contributed by atoms with Crippen LogP contribution >= 0.6 is 0 Å². The van der Waals surface area contributed by atoms with Gasteiger partial charge < -0.3 is 9.64 Å². The molecule has 0 N–H and O–H groups in total. The van der Waals surface area contributed by atoms with Crippen LogP contribution in [-0.2, 0) is 0 Å². The molecular formula is C84H57N5O. The molecular weight excluding hydrogens is 1090 g/mol. The van der Waals surface area contributed by atoms with Crippen LogP contribution in [0.1, 0.15) is 0 Å². The summed E-state index contributed by atoms with van der Waals surface area (Å²) in [6.07, 6.45) is 5.88. The molecule has 0 unspecified atom stereocenters. The summed E-state index contributed by atoms with van der Waals surface area (Å²) in [7, 11) is 0. The normalized spacial score (nSPS) is 11.3. The summed E-state index contributed by atoms with van der Waals surface area (Å²) in [6.45, 7) is 0. The Morgan fingerprint density at radius 2 is 0.778 bits per heavy atom. The lowest BCUT2D eigenvalue weighted by Crippen LogP contribution is -2.31. The van der Waals surface area contributed by atoms with E-state index in [9.17, 15) is 0 Å². The van der Waals surface area contributed by atoms with Crippen LogP contribution in [0, 0.1) is 6.33 Å². The summed E-state index contributed by atoms with van der Waals surface area (Å²) in [6, 6.07) is 121. The second kappa shape index (κ2) is 23.3. The molecule has 3 aromatic heterocycles. The summed E-state index contributed by atoms with van der Waals surface area (Å²) in [5.74, 6) is 2.18. The second-order valence-corrected chi connectivity index (χ2v) is 22.5. The third kappa shape index (κ3) is 10.1. The smallest absolute Gasteiger partial charge is 0.269 e. The number of ether oxygens (including phenoxy) is 1. The molecule has 0 amide bonds. The van der Waals surface area contributed by atoms with Crippen molar-refractivity contribution in [2.24, 2.45) is 0 Å². The van der Waals surface area contributed by atoms with Crippen LogP contribution < -0.4 is 14.2 Å². The topological polar surface area (TPSA) is 39.1 Å². The van der Waals surface area contributed by atoms with Crippen molar-refractivity contribution in [2.45, 2.75) is 0 Å². The number of aromatic nitrogens is 4. The Kier molecular flexibility index (Phi) is 13.8. The molecule has 0 aliphatic carbocycles. The lowest BCUT2D eigenvalue weighted by Gasteiger charge is -2.25. The lowest BCUT2D eigenvalue weighted by atomic mass is 9.89. The number of nitrogens with zero attached hydrogens (tertiary/aromatic N) is 5. The average Bonchev–Trinajstić information content (AvgIpc) is 1.59. The monoisotopic (exact) mass is 1150 g/mol. The molecule has 3 heterocycles. The molecule has 0 radical (unpaired) electrons. The first kappa shape index (κ1) is 53.4. The highest BCUT2D eigenvalue weighted by molar-refractivity contribution is 6.09. The van der Waals surface area contributed by atoms with Gasteiger partial charge in [0.15, 0.2) is 0 Å². The van der Waals surface area contributed by atoms with Gasteiger partial charge >= 0.3 is 0 Å². The summed E-state index contributed by atoms with van der Waals surface area (Å²) < 4.78 is 13.7. The van der Waals surface area contributed by atoms with Crippen molar-refractivity contribution in [3.8, 4) is 95.5 Å². The molecule has 13 aromatic carbocycles. The molecule has 424 valence electrons. The van der Waals surface area contributed by atoms with Gasteiger partial charge in [0.05, 0.1) is 39.1 Å². The number of para-hydroxylation sites is 6. The molecule has 16 aromatic rings. The van der Waals surface area contributed by atoms with Crippen molar-refractivity contribution < 1.29 is 9.30 Å². The highest BCUT2D eigenvalue weighted by Gasteiger charge is 2.23. The third-order valence-corrected chi connectivity index (χ3v) is 16.9. The van der Waals surface area contributed by atoms with E-state index in [-0.39, 0.29) is 0 Å². The minimum Gasteiger partial charge on any atom is -0.458 e. The number of benzene rings is 13. The van der Waals surface area contributed by atoms with Gasteiger partial charge in [-0.3, -0.25) is 13.7 Å². The Morgan fingerprint density at radius 3 is 1.33 bits per heavy atom. The van der Waals surface area contributed by atoms with Crippen LogP contribution in [0.2, 0.25) is 0 Å². The summed E-state index contributed by atoms with van der Waals surface area (Å²) in [5, 5.41) is 2.23. The molecule has 90 heavy (non-hydrogen) atoms. The summed E-state index contributed by atoms with van der Waals surface area (Å²) >= 11 is 0. The number of anilines is 3. The average molecular weight is 1150 g/mol. The van der Waals surface area contributed by atoms with Gasteiger partial charge in [0, 0.05) is 40.5 Å². The fourth-order valence-corrected chi connectivity index (χ4v) is 12.8. The minimum absolute atomic E-state index is 0.687. The zero-order chi connectivity index (χ0) is 59.7. The standard InChI is InChI=1S/C84H57N5O/c1-7-25-59(26-8-1)63-49-64(60-27-9-2-10-28-60)52-67(51-63)75-40-24-41-76(68-53-65(61-29-11-3-12-30-61)50-66(54-68)62-31-13-4-14-32-62)84(75)87-58-86(80-43-21-22-44-81(80)87)71-37-23-38-73(55-71)90-74-45-46-78-77-39-19-20-42-79(77)89(82(78)57-74)83-56-72(47-48-85-83)88(69-33-15-5-16-34-69)70-35-17-6-18-36-70/h1-57H. The van der Waals surface area contributed by atoms with Crippen molar-refractivity contribution >= 4 is 49.9 Å². The van der Waals surface area contributed by atoms with E-state index >= 15 is 0 Å². The first-order valence-corrected chi connectivity index (χ1v) is 30.4. The number of hydrogen-bond donors (Lipinski definition) is 0. The second-order valence-electron chi connectivity index (χ2n) is 22.5. The first-order chi connectivity index (χ1) is 44.6. The molecule has 0 fully saturated rings. The number of hydrogen-bond acceptors (Lipinski definition) is 3. The molecule has 16 rings (SSSR count). The van der Waals surface area contributed by atoms with E-state index in [0.29, 0.717) is 11.5 Å². The molecule has 0 saturated heterocycles. The third-order valence-electron chi connectivity index (χ3n) is 16.9. The molecule has 0 aliphatic rings.